The van der Waals surface area contributed by atoms with Crippen molar-refractivity contribution in [3.05, 3.63) is 102 Å². The van der Waals surface area contributed by atoms with Gasteiger partial charge in [0.05, 0.1) is 24.4 Å². The highest BCUT2D eigenvalue weighted by atomic mass is 16.5. The number of benzene rings is 3. The van der Waals surface area contributed by atoms with E-state index >= 15 is 0 Å². The quantitative estimate of drug-likeness (QED) is 0.517. The van der Waals surface area contributed by atoms with Crippen molar-refractivity contribution in [3.8, 4) is 0 Å². The molecular formula is C28H27N3O4. The summed E-state index contributed by atoms with van der Waals surface area (Å²) < 4.78 is 4.86. The fourth-order valence-corrected chi connectivity index (χ4v) is 4.16. The molecule has 7 heteroatoms. The van der Waals surface area contributed by atoms with E-state index in [1.54, 1.807) is 26.1 Å². The second-order valence-corrected chi connectivity index (χ2v) is 8.32. The summed E-state index contributed by atoms with van der Waals surface area (Å²) >= 11 is 0. The van der Waals surface area contributed by atoms with Crippen molar-refractivity contribution in [1.82, 2.24) is 4.90 Å². The number of hydrogen-bond donors (Lipinski definition) is 0. The molecule has 178 valence electrons. The number of benzodiazepines with no additional fused rings is 1. The molecule has 0 aromatic heterocycles. The molecule has 1 heterocycles. The molecule has 0 bridgehead atoms. The van der Waals surface area contributed by atoms with E-state index in [2.05, 4.69) is 0 Å². The molecule has 0 aliphatic carbocycles. The molecule has 2 atom stereocenters. The van der Waals surface area contributed by atoms with Gasteiger partial charge in [-0.25, -0.2) is 4.99 Å². The summed E-state index contributed by atoms with van der Waals surface area (Å²) in [4.78, 5) is 47.2. The number of amides is 2. The molecule has 0 saturated carbocycles. The van der Waals surface area contributed by atoms with Gasteiger partial charge in [-0.15, -0.1) is 0 Å². The summed E-state index contributed by atoms with van der Waals surface area (Å²) in [5.74, 6) is -1.79. The van der Waals surface area contributed by atoms with E-state index in [0.29, 0.717) is 17.0 Å². The molecule has 0 N–H and O–H groups in total. The third kappa shape index (κ3) is 4.84. The number of fused-ring (bicyclic) bond motifs is 1. The number of hydrogen-bond acceptors (Lipinski definition) is 5. The molecular weight excluding hydrogens is 442 g/mol. The summed E-state index contributed by atoms with van der Waals surface area (Å²) in [5, 5.41) is 0. The Morgan fingerprint density at radius 2 is 1.57 bits per heavy atom. The van der Waals surface area contributed by atoms with Crippen molar-refractivity contribution in [2.75, 3.05) is 25.6 Å². The first-order valence-corrected chi connectivity index (χ1v) is 11.3. The van der Waals surface area contributed by atoms with Gasteiger partial charge in [0.25, 0.3) is 5.91 Å². The van der Waals surface area contributed by atoms with Crippen molar-refractivity contribution in [2.45, 2.75) is 19.0 Å². The number of esters is 1. The van der Waals surface area contributed by atoms with Crippen LogP contribution in [-0.4, -0.2) is 55.3 Å². The maximum absolute atomic E-state index is 13.9. The van der Waals surface area contributed by atoms with Gasteiger partial charge in [0.15, 0.2) is 0 Å². The predicted octanol–water partition coefficient (Wildman–Crippen LogP) is 3.63. The summed E-state index contributed by atoms with van der Waals surface area (Å²) in [5.41, 5.74) is 3.43. The summed E-state index contributed by atoms with van der Waals surface area (Å²) in [7, 11) is 2.85. The van der Waals surface area contributed by atoms with E-state index in [4.69, 9.17) is 9.73 Å². The van der Waals surface area contributed by atoms with Crippen molar-refractivity contribution in [3.63, 3.8) is 0 Å². The molecule has 7 nitrogen and oxygen atoms in total. The van der Waals surface area contributed by atoms with Crippen LogP contribution in [0.25, 0.3) is 0 Å². The molecule has 3 aromatic carbocycles. The number of carbonyl (C=O) groups is 3. The highest BCUT2D eigenvalue weighted by molar-refractivity contribution is 6.20. The number of anilines is 1. The molecule has 0 radical (unpaired) electrons. The highest BCUT2D eigenvalue weighted by Crippen LogP contribution is 2.30. The third-order valence-corrected chi connectivity index (χ3v) is 6.13. The topological polar surface area (TPSA) is 79.3 Å². The lowest BCUT2D eigenvalue weighted by Gasteiger charge is -2.30. The van der Waals surface area contributed by atoms with E-state index in [9.17, 15) is 14.4 Å². The van der Waals surface area contributed by atoms with E-state index in [0.717, 1.165) is 11.1 Å². The van der Waals surface area contributed by atoms with Gasteiger partial charge in [0.1, 0.15) is 6.54 Å². The Morgan fingerprint density at radius 1 is 0.971 bits per heavy atom. The Bertz CT molecular complexity index is 1260. The Kier molecular flexibility index (Phi) is 7.06. The van der Waals surface area contributed by atoms with Crippen LogP contribution in [0.3, 0.4) is 0 Å². The van der Waals surface area contributed by atoms with Gasteiger partial charge in [-0.1, -0.05) is 78.9 Å². The number of rotatable bonds is 6. The number of ether oxygens (including phenoxy) is 1. The molecule has 0 unspecified atom stereocenters. The van der Waals surface area contributed by atoms with Crippen LogP contribution in [0.4, 0.5) is 5.69 Å². The zero-order valence-corrected chi connectivity index (χ0v) is 19.9. The van der Waals surface area contributed by atoms with Crippen LogP contribution in [0.5, 0.6) is 0 Å². The predicted molar refractivity (Wildman–Crippen MR) is 134 cm³/mol. The van der Waals surface area contributed by atoms with Crippen LogP contribution in [0.2, 0.25) is 0 Å². The maximum atomic E-state index is 13.9. The lowest BCUT2D eigenvalue weighted by molar-refractivity contribution is -0.141. The fourth-order valence-electron chi connectivity index (χ4n) is 4.16. The van der Waals surface area contributed by atoms with E-state index < -0.39 is 24.0 Å². The molecule has 1 aliphatic heterocycles. The Labute approximate surface area is 204 Å². The maximum Gasteiger partial charge on any atom is 0.325 e. The number of carbonyl (C=O) groups excluding carboxylic acids is 3. The minimum absolute atomic E-state index is 0.255. The number of aliphatic imine (C=N–C) groups is 1. The number of nitrogens with zero attached hydrogens (tertiary/aromatic N) is 3. The smallest absolute Gasteiger partial charge is 0.325 e. The fraction of sp³-hybridized carbons (Fsp3) is 0.214. The van der Waals surface area contributed by atoms with Gasteiger partial charge in [-0.3, -0.25) is 19.3 Å². The van der Waals surface area contributed by atoms with Crippen LogP contribution in [0, 0.1) is 0 Å². The minimum atomic E-state index is -1.17. The van der Waals surface area contributed by atoms with Gasteiger partial charge in [-0.2, -0.15) is 0 Å². The highest BCUT2D eigenvalue weighted by Gasteiger charge is 2.38. The standard InChI is InChI=1S/C28H27N3O4/c1-19(20-12-6-4-7-13-20)27(33)30(2)26-28(34)31(18-24(32)35-3)23-17-11-10-16-22(23)25(29-26)21-14-8-5-9-15-21/h4-17,19,26H,18H2,1-3H3/t19-,26-/m0/s1. The molecule has 3 aromatic rings. The monoisotopic (exact) mass is 469 g/mol. The zero-order valence-electron chi connectivity index (χ0n) is 19.9. The van der Waals surface area contributed by atoms with Crippen LogP contribution >= 0.6 is 0 Å². The summed E-state index contributed by atoms with van der Waals surface area (Å²) in [6.07, 6.45) is -1.17. The number of methoxy groups -OCH3 is 1. The Balaban J connectivity index is 1.83. The van der Waals surface area contributed by atoms with Crippen LogP contribution in [0.15, 0.2) is 89.9 Å². The first-order chi connectivity index (χ1) is 16.9. The lowest BCUT2D eigenvalue weighted by Crippen LogP contribution is -2.50. The van der Waals surface area contributed by atoms with Crippen LogP contribution in [-0.2, 0) is 19.1 Å². The van der Waals surface area contributed by atoms with Gasteiger partial charge in [-0.05, 0) is 18.6 Å². The molecule has 0 fully saturated rings. The first-order valence-electron chi connectivity index (χ1n) is 11.3. The molecule has 4 rings (SSSR count). The molecule has 2 amide bonds. The van der Waals surface area contributed by atoms with E-state index in [-0.39, 0.29) is 12.5 Å². The number of likely N-dealkylation sites (N-methyl/N-ethyl adjacent to an activating group) is 1. The number of para-hydroxylation sites is 1. The summed E-state index contributed by atoms with van der Waals surface area (Å²) in [6, 6.07) is 26.1. The molecule has 0 saturated heterocycles. The van der Waals surface area contributed by atoms with Crippen molar-refractivity contribution < 1.29 is 19.1 Å². The molecule has 35 heavy (non-hydrogen) atoms. The van der Waals surface area contributed by atoms with E-state index in [1.165, 1.54) is 16.9 Å². The first kappa shape index (κ1) is 23.9. The SMILES string of the molecule is COC(=O)CN1C(=O)[C@H](N(C)C(=O)[C@@H](C)c2ccccc2)N=C(c2ccccc2)c2ccccc21. The van der Waals surface area contributed by atoms with Gasteiger partial charge >= 0.3 is 5.97 Å². The van der Waals surface area contributed by atoms with Gasteiger partial charge < -0.3 is 9.64 Å². The lowest BCUT2D eigenvalue weighted by atomic mass is 9.99. The molecule has 1 aliphatic rings. The van der Waals surface area contributed by atoms with Gasteiger partial charge in [0, 0.05) is 18.2 Å². The van der Waals surface area contributed by atoms with Crippen LogP contribution < -0.4 is 4.90 Å². The Hall–Kier alpha value is -4.26. The largest absolute Gasteiger partial charge is 0.468 e. The second-order valence-electron chi connectivity index (χ2n) is 8.32. The van der Waals surface area contributed by atoms with Crippen LogP contribution in [0.1, 0.15) is 29.5 Å². The van der Waals surface area contributed by atoms with Gasteiger partial charge in [0.2, 0.25) is 12.1 Å². The van der Waals surface area contributed by atoms with Crippen molar-refractivity contribution >= 4 is 29.2 Å². The average Bonchev–Trinajstić information content (AvgIpc) is 3.03. The normalized spacial score (nSPS) is 16.0. The Morgan fingerprint density at radius 3 is 2.23 bits per heavy atom. The minimum Gasteiger partial charge on any atom is -0.468 e. The molecule has 0 spiro atoms. The van der Waals surface area contributed by atoms with E-state index in [1.807, 2.05) is 72.8 Å². The van der Waals surface area contributed by atoms with Crippen molar-refractivity contribution in [2.24, 2.45) is 4.99 Å². The van der Waals surface area contributed by atoms with Crippen molar-refractivity contribution in [1.29, 1.82) is 0 Å². The third-order valence-electron chi connectivity index (χ3n) is 6.13. The second kappa shape index (κ2) is 10.3. The average molecular weight is 470 g/mol. The zero-order chi connectivity index (χ0) is 24.9. The summed E-state index contributed by atoms with van der Waals surface area (Å²) in [6.45, 7) is 1.51.